The molecule has 1 unspecified atom stereocenters. The van der Waals surface area contributed by atoms with Crippen molar-refractivity contribution in [1.29, 1.82) is 0 Å². The van der Waals surface area contributed by atoms with Crippen LogP contribution in [-0.4, -0.2) is 11.3 Å². The van der Waals surface area contributed by atoms with Crippen LogP contribution in [0.5, 0.6) is 0 Å². The van der Waals surface area contributed by atoms with E-state index in [1.165, 1.54) is 6.26 Å². The van der Waals surface area contributed by atoms with E-state index in [9.17, 15) is 0 Å². The summed E-state index contributed by atoms with van der Waals surface area (Å²) in [6.07, 6.45) is 2.27. The Bertz CT molecular complexity index is 75.5. The average Bonchev–Trinajstić information content (AvgIpc) is 1.85. The van der Waals surface area contributed by atoms with E-state index in [0.29, 0.717) is 6.42 Å². The summed E-state index contributed by atoms with van der Waals surface area (Å²) < 4.78 is 0. The zero-order valence-electron chi connectivity index (χ0n) is 5.63. The zero-order chi connectivity index (χ0) is 7.11. The highest BCUT2D eigenvalue weighted by Gasteiger charge is 1.97. The summed E-state index contributed by atoms with van der Waals surface area (Å²) in [5.74, 6) is 0. The monoisotopic (exact) mass is 131 g/mol. The van der Waals surface area contributed by atoms with Crippen LogP contribution in [-0.2, 0) is 4.84 Å². The molecule has 3 nitrogen and oxygen atoms in total. The topological polar surface area (TPSA) is 41.5 Å². The minimum absolute atomic E-state index is 0.576. The van der Waals surface area contributed by atoms with Gasteiger partial charge in [0.25, 0.3) is 0 Å². The van der Waals surface area contributed by atoms with Gasteiger partial charge in [-0.3, -0.25) is 0 Å². The molecule has 3 heteroatoms. The van der Waals surface area contributed by atoms with Gasteiger partial charge in [0.1, 0.15) is 12.5 Å². The molecule has 0 aromatic carbocycles. The van der Waals surface area contributed by atoms with Crippen LogP contribution in [0.25, 0.3) is 0 Å². The van der Waals surface area contributed by atoms with Gasteiger partial charge >= 0.3 is 0 Å². The van der Waals surface area contributed by atoms with Crippen molar-refractivity contribution in [3.63, 3.8) is 0 Å². The second kappa shape index (κ2) is 5.59. The molecule has 0 bridgehead atoms. The Morgan fingerprint density at radius 2 is 2.56 bits per heavy atom. The standard InChI is InChI=1S/C6H13NO2/c1-3-5-6(8)7-9-4-2/h4,6-8H,2-3,5H2,1H3. The summed E-state index contributed by atoms with van der Waals surface area (Å²) in [5, 5.41) is 8.90. The molecule has 9 heavy (non-hydrogen) atoms. The van der Waals surface area contributed by atoms with E-state index in [4.69, 9.17) is 5.11 Å². The first-order valence-corrected chi connectivity index (χ1v) is 3.01. The molecule has 0 fully saturated rings. The molecule has 0 saturated heterocycles. The fourth-order valence-electron chi connectivity index (χ4n) is 0.459. The molecule has 0 heterocycles. The van der Waals surface area contributed by atoms with E-state index in [1.54, 1.807) is 0 Å². The normalized spacial score (nSPS) is 12.7. The molecule has 1 atom stereocenters. The number of hydrogen-bond donors (Lipinski definition) is 2. The Morgan fingerprint density at radius 1 is 1.89 bits per heavy atom. The van der Waals surface area contributed by atoms with Crippen LogP contribution in [0.4, 0.5) is 0 Å². The van der Waals surface area contributed by atoms with Gasteiger partial charge in [0, 0.05) is 0 Å². The Balaban J connectivity index is 3.04. The van der Waals surface area contributed by atoms with E-state index in [2.05, 4.69) is 16.9 Å². The molecule has 0 radical (unpaired) electrons. The molecule has 2 N–H and O–H groups in total. The highest BCUT2D eigenvalue weighted by molar-refractivity contribution is 4.48. The van der Waals surface area contributed by atoms with E-state index in [-0.39, 0.29) is 0 Å². The number of rotatable bonds is 5. The minimum Gasteiger partial charge on any atom is -0.415 e. The lowest BCUT2D eigenvalue weighted by Crippen LogP contribution is -2.26. The first-order valence-electron chi connectivity index (χ1n) is 3.01. The fraction of sp³-hybridized carbons (Fsp3) is 0.667. The second-order valence-electron chi connectivity index (χ2n) is 1.71. The first kappa shape index (κ1) is 8.46. The van der Waals surface area contributed by atoms with Gasteiger partial charge in [-0.05, 0) is 6.42 Å². The van der Waals surface area contributed by atoms with Crippen molar-refractivity contribution in [1.82, 2.24) is 5.48 Å². The predicted octanol–water partition coefficient (Wildman–Crippen LogP) is 0.770. The maximum atomic E-state index is 8.90. The van der Waals surface area contributed by atoms with Gasteiger partial charge in [-0.1, -0.05) is 19.9 Å². The van der Waals surface area contributed by atoms with Crippen molar-refractivity contribution >= 4 is 0 Å². The van der Waals surface area contributed by atoms with Crippen LogP contribution in [0.3, 0.4) is 0 Å². The average molecular weight is 131 g/mol. The molecule has 0 aromatic heterocycles. The van der Waals surface area contributed by atoms with Gasteiger partial charge in [-0.15, -0.1) is 5.48 Å². The third-order valence-electron chi connectivity index (χ3n) is 0.850. The molecule has 0 aliphatic carbocycles. The van der Waals surface area contributed by atoms with Crippen molar-refractivity contribution in [3.05, 3.63) is 12.8 Å². The molecule has 0 aliphatic heterocycles. The van der Waals surface area contributed by atoms with E-state index < -0.39 is 6.23 Å². The molecule has 0 rings (SSSR count). The maximum absolute atomic E-state index is 8.90. The van der Waals surface area contributed by atoms with Crippen molar-refractivity contribution in [2.75, 3.05) is 0 Å². The molecule has 54 valence electrons. The molecule has 0 amide bonds. The van der Waals surface area contributed by atoms with Crippen molar-refractivity contribution < 1.29 is 9.94 Å². The number of nitrogens with one attached hydrogen (secondary N) is 1. The van der Waals surface area contributed by atoms with Crippen LogP contribution < -0.4 is 5.48 Å². The summed E-state index contributed by atoms with van der Waals surface area (Å²) >= 11 is 0. The van der Waals surface area contributed by atoms with Crippen LogP contribution >= 0.6 is 0 Å². The van der Waals surface area contributed by atoms with E-state index in [1.807, 2.05) is 6.92 Å². The lowest BCUT2D eigenvalue weighted by molar-refractivity contribution is -0.0130. The van der Waals surface area contributed by atoms with Crippen molar-refractivity contribution in [2.45, 2.75) is 26.0 Å². The van der Waals surface area contributed by atoms with E-state index in [0.717, 1.165) is 6.42 Å². The summed E-state index contributed by atoms with van der Waals surface area (Å²) in [5.41, 5.74) is 2.37. The van der Waals surface area contributed by atoms with Gasteiger partial charge in [0.2, 0.25) is 0 Å². The summed E-state index contributed by atoms with van der Waals surface area (Å²) in [4.78, 5) is 4.51. The van der Waals surface area contributed by atoms with E-state index >= 15 is 0 Å². The van der Waals surface area contributed by atoms with Crippen LogP contribution in [0.2, 0.25) is 0 Å². The van der Waals surface area contributed by atoms with Crippen LogP contribution in [0, 0.1) is 0 Å². The molecule has 0 saturated carbocycles. The molecular weight excluding hydrogens is 118 g/mol. The Morgan fingerprint density at radius 3 is 3.00 bits per heavy atom. The number of hydrogen-bond acceptors (Lipinski definition) is 3. The predicted molar refractivity (Wildman–Crippen MR) is 35.3 cm³/mol. The quantitative estimate of drug-likeness (QED) is 0.329. The van der Waals surface area contributed by atoms with Gasteiger partial charge < -0.3 is 9.94 Å². The highest BCUT2D eigenvalue weighted by atomic mass is 16.7. The third-order valence-corrected chi connectivity index (χ3v) is 0.850. The van der Waals surface area contributed by atoms with Crippen molar-refractivity contribution in [2.24, 2.45) is 0 Å². The number of aliphatic hydroxyl groups is 1. The summed E-state index contributed by atoms with van der Waals surface area (Å²) in [7, 11) is 0. The smallest absolute Gasteiger partial charge is 0.137 e. The number of aliphatic hydroxyl groups excluding tert-OH is 1. The zero-order valence-corrected chi connectivity index (χ0v) is 5.63. The minimum atomic E-state index is -0.576. The SMILES string of the molecule is C=CONC(O)CCC. The highest BCUT2D eigenvalue weighted by Crippen LogP contribution is 1.90. The lowest BCUT2D eigenvalue weighted by Gasteiger charge is -2.08. The third kappa shape index (κ3) is 5.33. The van der Waals surface area contributed by atoms with Gasteiger partial charge in [0.15, 0.2) is 0 Å². The number of hydroxylamine groups is 1. The van der Waals surface area contributed by atoms with Gasteiger partial charge in [-0.25, -0.2) is 0 Å². The molecule has 0 spiro atoms. The molecular formula is C6H13NO2. The largest absolute Gasteiger partial charge is 0.415 e. The summed E-state index contributed by atoms with van der Waals surface area (Å²) in [6.45, 7) is 5.28. The molecule has 0 aliphatic rings. The van der Waals surface area contributed by atoms with Crippen LogP contribution in [0.15, 0.2) is 12.8 Å². The lowest BCUT2D eigenvalue weighted by atomic mass is 10.3. The maximum Gasteiger partial charge on any atom is 0.137 e. The summed E-state index contributed by atoms with van der Waals surface area (Å²) in [6, 6.07) is 0. The molecule has 0 aromatic rings. The van der Waals surface area contributed by atoms with Crippen LogP contribution in [0.1, 0.15) is 19.8 Å². The van der Waals surface area contributed by atoms with Gasteiger partial charge in [-0.2, -0.15) is 0 Å². The van der Waals surface area contributed by atoms with Gasteiger partial charge in [0.05, 0.1) is 0 Å². The second-order valence-corrected chi connectivity index (χ2v) is 1.71. The fourth-order valence-corrected chi connectivity index (χ4v) is 0.459. The Labute approximate surface area is 55.3 Å². The Hall–Kier alpha value is -0.540. The van der Waals surface area contributed by atoms with Crippen molar-refractivity contribution in [3.8, 4) is 0 Å². The Kier molecular flexibility index (Phi) is 5.26. The first-order chi connectivity index (χ1) is 4.31.